The molecule has 5 heteroatoms. The monoisotopic (exact) mass is 1100 g/mol. The number of nitrogens with zero attached hydrogens (tertiary/aromatic N) is 4. The normalized spacial score (nSPS) is 10.9. The average molecular weight is 1100 g/mol. The van der Waals surface area contributed by atoms with E-state index in [-0.39, 0.29) is 20.1 Å². The van der Waals surface area contributed by atoms with Crippen molar-refractivity contribution in [2.75, 3.05) is 0 Å². The third-order valence-corrected chi connectivity index (χ3v) is 13.1. The van der Waals surface area contributed by atoms with Crippen LogP contribution in [-0.2, 0) is 20.1 Å². The summed E-state index contributed by atoms with van der Waals surface area (Å²) in [5.41, 5.74) is 22.2. The van der Waals surface area contributed by atoms with Crippen LogP contribution in [0, 0.1) is 18.2 Å². The van der Waals surface area contributed by atoms with Gasteiger partial charge in [-0.25, -0.2) is 0 Å². The third-order valence-electron chi connectivity index (χ3n) is 13.1. The third kappa shape index (κ3) is 9.31. The van der Waals surface area contributed by atoms with Crippen LogP contribution in [0.3, 0.4) is 0 Å². The molecule has 0 bridgehead atoms. The minimum absolute atomic E-state index is 0. The SMILES string of the molecule is [Ir+3].[c-]1cc(-c2ccccc2-c2cc(-c3ccccc3-c3c[c-]c(-n4cccn4)cc3)cc(-c3ccccc3-c3cnc(-c4[c-]cccc4)cc3-c3ccc(-c4ccccc4)cc3)c2)ccc1-c1ccccn1. The molecule has 0 saturated heterocycles. The molecule has 0 atom stereocenters. The van der Waals surface area contributed by atoms with E-state index in [4.69, 9.17) is 4.98 Å². The first-order valence-corrected chi connectivity index (χ1v) is 23.7. The smallest absolute Gasteiger partial charge is 0.305 e. The molecule has 12 aromatic rings. The summed E-state index contributed by atoms with van der Waals surface area (Å²) in [4.78, 5) is 9.71. The van der Waals surface area contributed by atoms with Crippen LogP contribution >= 0.6 is 0 Å². The molecule has 0 N–H and O–H groups in total. The van der Waals surface area contributed by atoms with E-state index in [2.05, 4.69) is 222 Å². The van der Waals surface area contributed by atoms with Crippen LogP contribution in [0.25, 0.3) is 117 Å². The summed E-state index contributed by atoms with van der Waals surface area (Å²) in [7, 11) is 0. The molecule has 0 saturated carbocycles. The predicted molar refractivity (Wildman–Crippen MR) is 290 cm³/mol. The van der Waals surface area contributed by atoms with Crippen molar-refractivity contribution in [3.63, 3.8) is 0 Å². The number of benzene rings is 9. The number of rotatable bonds is 11. The minimum Gasteiger partial charge on any atom is -0.305 e. The largest absolute Gasteiger partial charge is 3.00 e. The minimum atomic E-state index is 0. The van der Waals surface area contributed by atoms with Crippen LogP contribution in [0.4, 0.5) is 0 Å². The molecule has 0 unspecified atom stereocenters. The van der Waals surface area contributed by atoms with Gasteiger partial charge in [0, 0.05) is 30.4 Å². The van der Waals surface area contributed by atoms with Gasteiger partial charge in [0.15, 0.2) is 0 Å². The zero-order valence-electron chi connectivity index (χ0n) is 38.9. The summed E-state index contributed by atoms with van der Waals surface area (Å²) in [6, 6.07) is 93.8. The van der Waals surface area contributed by atoms with Crippen LogP contribution in [0.1, 0.15) is 0 Å². The van der Waals surface area contributed by atoms with Crippen LogP contribution in [0.2, 0.25) is 0 Å². The molecule has 4 nitrogen and oxygen atoms in total. The van der Waals surface area contributed by atoms with E-state index >= 15 is 0 Å². The Balaban J connectivity index is 0.00000560. The molecule has 3 heterocycles. The Morgan fingerprint density at radius 1 is 0.319 bits per heavy atom. The second-order valence-corrected chi connectivity index (χ2v) is 17.4. The predicted octanol–water partition coefficient (Wildman–Crippen LogP) is 16.7. The van der Waals surface area contributed by atoms with Crippen molar-refractivity contribution in [3.05, 3.63) is 280 Å². The van der Waals surface area contributed by atoms with Crippen LogP contribution in [0.5, 0.6) is 0 Å². The molecule has 0 aliphatic carbocycles. The van der Waals surface area contributed by atoms with E-state index in [0.717, 1.165) is 106 Å². The van der Waals surface area contributed by atoms with Gasteiger partial charge in [0.05, 0.1) is 0 Å². The summed E-state index contributed by atoms with van der Waals surface area (Å²) in [6.07, 6.45) is 7.58. The average Bonchev–Trinajstić information content (AvgIpc) is 4.01. The van der Waals surface area contributed by atoms with Crippen molar-refractivity contribution in [3.8, 4) is 117 Å². The molecular formula is C67H43IrN4. The molecule has 0 spiro atoms. The molecule has 0 amide bonds. The summed E-state index contributed by atoms with van der Waals surface area (Å²) >= 11 is 0. The number of hydrogen-bond donors (Lipinski definition) is 0. The fourth-order valence-corrected chi connectivity index (χ4v) is 9.53. The van der Waals surface area contributed by atoms with E-state index < -0.39 is 0 Å². The summed E-state index contributed by atoms with van der Waals surface area (Å²) in [6.45, 7) is 0. The van der Waals surface area contributed by atoms with Crippen molar-refractivity contribution in [1.29, 1.82) is 0 Å². The van der Waals surface area contributed by atoms with E-state index in [1.807, 2.05) is 65.7 Å². The van der Waals surface area contributed by atoms with Crippen molar-refractivity contribution in [2.24, 2.45) is 0 Å². The molecule has 0 radical (unpaired) electrons. The molecule has 3 aromatic heterocycles. The second-order valence-electron chi connectivity index (χ2n) is 17.4. The van der Waals surface area contributed by atoms with Crippen molar-refractivity contribution in [1.82, 2.24) is 19.7 Å². The Morgan fingerprint density at radius 2 is 0.861 bits per heavy atom. The zero-order chi connectivity index (χ0) is 47.3. The van der Waals surface area contributed by atoms with Crippen molar-refractivity contribution >= 4 is 0 Å². The Hall–Kier alpha value is -8.86. The molecule has 12 rings (SSSR count). The zero-order valence-corrected chi connectivity index (χ0v) is 41.3. The Bertz CT molecular complexity index is 3760. The van der Waals surface area contributed by atoms with Gasteiger partial charge < -0.3 is 9.97 Å². The van der Waals surface area contributed by atoms with E-state index in [9.17, 15) is 0 Å². The maximum Gasteiger partial charge on any atom is 3.00 e. The van der Waals surface area contributed by atoms with Gasteiger partial charge in [-0.2, -0.15) is 23.3 Å². The van der Waals surface area contributed by atoms with E-state index in [0.29, 0.717) is 0 Å². The van der Waals surface area contributed by atoms with E-state index in [1.165, 1.54) is 11.1 Å². The van der Waals surface area contributed by atoms with Gasteiger partial charge in [0.2, 0.25) is 0 Å². The first kappa shape index (κ1) is 45.6. The molecule has 9 aromatic carbocycles. The number of pyridine rings is 2. The van der Waals surface area contributed by atoms with Gasteiger partial charge in [0.1, 0.15) is 0 Å². The topological polar surface area (TPSA) is 43.6 Å². The van der Waals surface area contributed by atoms with E-state index in [1.54, 1.807) is 6.20 Å². The summed E-state index contributed by atoms with van der Waals surface area (Å²) < 4.78 is 1.83. The van der Waals surface area contributed by atoms with Gasteiger partial charge in [-0.3, -0.25) is 4.68 Å². The Labute approximate surface area is 434 Å². The maximum absolute atomic E-state index is 5.13. The standard InChI is InChI=1S/C67H43N4.Ir/c1-3-16-47(17-4-1)48-27-29-51(30-28-48)64-45-67(52-18-5-2-6-19-52)69-46-65(64)63-25-12-11-24-62(63)56-43-54(60-22-9-7-20-58(60)49-31-33-53(34-32-49)66-26-13-14-39-68-66)42-55(44-56)61-23-10-8-21-59(61)50-35-37-57(38-36-50)71-41-15-40-70-71;/h1-18,20-33,35-37,39-46H;/q-3;+3. The first-order valence-electron chi connectivity index (χ1n) is 23.7. The van der Waals surface area contributed by atoms with Crippen LogP contribution in [-0.4, -0.2) is 19.7 Å². The van der Waals surface area contributed by atoms with Crippen LogP contribution in [0.15, 0.2) is 261 Å². The maximum atomic E-state index is 5.13. The van der Waals surface area contributed by atoms with Crippen LogP contribution < -0.4 is 0 Å². The van der Waals surface area contributed by atoms with Gasteiger partial charge >= 0.3 is 20.1 Å². The number of aromatic nitrogens is 4. The molecular weight excluding hydrogens is 1050 g/mol. The molecule has 72 heavy (non-hydrogen) atoms. The Kier molecular flexibility index (Phi) is 13.1. The number of hydrogen-bond acceptors (Lipinski definition) is 3. The molecule has 0 fully saturated rings. The molecule has 340 valence electrons. The van der Waals surface area contributed by atoms with Crippen molar-refractivity contribution < 1.29 is 20.1 Å². The summed E-state index contributed by atoms with van der Waals surface area (Å²) in [5, 5.41) is 4.44. The fourth-order valence-electron chi connectivity index (χ4n) is 9.53. The molecule has 0 aliphatic rings. The fraction of sp³-hybridized carbons (Fsp3) is 0. The van der Waals surface area contributed by atoms with Gasteiger partial charge in [-0.05, 0) is 109 Å². The summed E-state index contributed by atoms with van der Waals surface area (Å²) in [5.74, 6) is 0. The van der Waals surface area contributed by atoms with Gasteiger partial charge in [0.25, 0.3) is 0 Å². The van der Waals surface area contributed by atoms with Crippen molar-refractivity contribution in [2.45, 2.75) is 0 Å². The first-order chi connectivity index (χ1) is 35.2. The van der Waals surface area contributed by atoms with Gasteiger partial charge in [-0.15, -0.1) is 77.4 Å². The second kappa shape index (κ2) is 20.6. The van der Waals surface area contributed by atoms with Gasteiger partial charge in [-0.1, -0.05) is 162 Å². The quantitative estimate of drug-likeness (QED) is 0.121. The molecule has 0 aliphatic heterocycles. The Morgan fingerprint density at radius 3 is 1.43 bits per heavy atom.